The number of fused-ring (bicyclic) bond motifs is 1. The van der Waals surface area contributed by atoms with Gasteiger partial charge in [-0.2, -0.15) is 10.2 Å². The average molecular weight is 532 g/mol. The van der Waals surface area contributed by atoms with Crippen LogP contribution in [0.15, 0.2) is 69.9 Å². The second-order valence-corrected chi connectivity index (χ2v) is 8.43. The van der Waals surface area contributed by atoms with Gasteiger partial charge in [0.25, 0.3) is 0 Å². The summed E-state index contributed by atoms with van der Waals surface area (Å²) in [5.74, 6) is 1.12. The highest BCUT2D eigenvalue weighted by atomic mass is 16.5. The monoisotopic (exact) mass is 531 g/mol. The molecule has 0 radical (unpaired) electrons. The number of methoxy groups -OCH3 is 1. The van der Waals surface area contributed by atoms with Crippen molar-refractivity contribution in [2.45, 2.75) is 6.92 Å². The number of ketones is 1. The number of nitrogens with two attached hydrogens (primary N) is 1. The van der Waals surface area contributed by atoms with Gasteiger partial charge in [0.2, 0.25) is 5.78 Å². The summed E-state index contributed by atoms with van der Waals surface area (Å²) in [5.41, 5.74) is 13.0. The fourth-order valence-electron chi connectivity index (χ4n) is 3.77. The molecular weight excluding hydrogens is 502 g/mol. The van der Waals surface area contributed by atoms with E-state index >= 15 is 0 Å². The predicted octanol–water partition coefficient (Wildman–Crippen LogP) is 4.42. The van der Waals surface area contributed by atoms with Crippen LogP contribution in [-0.4, -0.2) is 55.2 Å². The average Bonchev–Trinajstić information content (AvgIpc) is 2.94. The van der Waals surface area contributed by atoms with Crippen LogP contribution in [0.25, 0.3) is 6.08 Å². The molecule has 0 bridgehead atoms. The lowest BCUT2D eigenvalue weighted by atomic mass is 9.94. The summed E-state index contributed by atoms with van der Waals surface area (Å²) in [7, 11) is 1.51. The number of benzene rings is 3. The van der Waals surface area contributed by atoms with Gasteiger partial charge in [-0.05, 0) is 60.5 Å². The first-order valence-corrected chi connectivity index (χ1v) is 12.1. The number of aliphatic hydroxyl groups is 2. The number of nitrogens with one attached hydrogen (secondary N) is 1. The molecule has 0 saturated carbocycles. The molecule has 0 saturated heterocycles. The van der Waals surface area contributed by atoms with Crippen molar-refractivity contribution in [3.05, 3.63) is 71.3 Å². The van der Waals surface area contributed by atoms with Crippen LogP contribution in [0.4, 0.5) is 22.7 Å². The molecule has 0 heterocycles. The van der Waals surface area contributed by atoms with Crippen LogP contribution < -0.4 is 25.4 Å². The topological polar surface area (TPSA) is 160 Å². The van der Waals surface area contributed by atoms with Crippen LogP contribution in [0.5, 0.6) is 17.2 Å². The summed E-state index contributed by atoms with van der Waals surface area (Å²) in [6.45, 7) is 1.76. The standard InChI is InChI=1S/C28H29N5O6/c1-17-13-25(33-31-23-7-3-18-14-19(29)4-6-21(18)28(23)36)27(39-12-10-35)16-24(17)32-30-22-8-5-20(38-11-9-34)15-26(22)37-2/h3-8,13-16,33-35H,9-12,29H2,1-2H3/b31-23-,32-30+. The molecule has 11 heteroatoms. The Balaban J connectivity index is 1.58. The van der Waals surface area contributed by atoms with E-state index in [2.05, 4.69) is 20.8 Å². The third-order valence-corrected chi connectivity index (χ3v) is 5.69. The van der Waals surface area contributed by atoms with Crippen molar-refractivity contribution >= 4 is 40.3 Å². The maximum Gasteiger partial charge on any atom is 0.213 e. The number of hydrogen-bond acceptors (Lipinski definition) is 11. The zero-order valence-corrected chi connectivity index (χ0v) is 21.5. The van der Waals surface area contributed by atoms with Gasteiger partial charge >= 0.3 is 0 Å². The van der Waals surface area contributed by atoms with Gasteiger partial charge in [0.15, 0.2) is 0 Å². The summed E-state index contributed by atoms with van der Waals surface area (Å²) in [6.07, 6.45) is 3.40. The number of rotatable bonds is 11. The van der Waals surface area contributed by atoms with Crippen molar-refractivity contribution in [3.8, 4) is 17.2 Å². The van der Waals surface area contributed by atoms with E-state index in [-0.39, 0.29) is 37.9 Å². The number of nitrogens with zero attached hydrogens (tertiary/aromatic N) is 3. The number of allylic oxidation sites excluding steroid dienone is 1. The highest BCUT2D eigenvalue weighted by Gasteiger charge is 2.20. The number of anilines is 2. The first kappa shape index (κ1) is 27.3. The number of aliphatic hydroxyl groups excluding tert-OH is 2. The van der Waals surface area contributed by atoms with Crippen molar-refractivity contribution in [1.82, 2.24) is 0 Å². The number of ether oxygens (including phenoxy) is 3. The van der Waals surface area contributed by atoms with E-state index in [9.17, 15) is 9.90 Å². The number of hydrogen-bond donors (Lipinski definition) is 4. The van der Waals surface area contributed by atoms with Gasteiger partial charge < -0.3 is 30.2 Å². The predicted molar refractivity (Wildman–Crippen MR) is 149 cm³/mol. The normalized spacial score (nSPS) is 13.5. The van der Waals surface area contributed by atoms with Crippen molar-refractivity contribution in [3.63, 3.8) is 0 Å². The zero-order chi connectivity index (χ0) is 27.8. The van der Waals surface area contributed by atoms with Gasteiger partial charge in [-0.1, -0.05) is 6.08 Å². The molecule has 0 amide bonds. The van der Waals surface area contributed by atoms with E-state index in [1.165, 1.54) is 7.11 Å². The molecule has 1 aliphatic rings. The van der Waals surface area contributed by atoms with Gasteiger partial charge in [-0.3, -0.25) is 10.2 Å². The van der Waals surface area contributed by atoms with Crippen LogP contribution in [0, 0.1) is 6.92 Å². The summed E-state index contributed by atoms with van der Waals surface area (Å²) >= 11 is 0. The van der Waals surface area contributed by atoms with Crippen LogP contribution in [0.3, 0.4) is 0 Å². The first-order valence-electron chi connectivity index (χ1n) is 12.1. The van der Waals surface area contributed by atoms with E-state index in [4.69, 9.17) is 25.1 Å². The molecule has 0 aliphatic heterocycles. The fourth-order valence-corrected chi connectivity index (χ4v) is 3.77. The molecule has 3 aromatic rings. The molecule has 0 spiro atoms. The highest BCUT2D eigenvalue weighted by Crippen LogP contribution is 2.37. The molecule has 0 fully saturated rings. The molecule has 4 rings (SSSR count). The third kappa shape index (κ3) is 6.58. The Kier molecular flexibility index (Phi) is 8.87. The van der Waals surface area contributed by atoms with Crippen LogP contribution in [-0.2, 0) is 0 Å². The summed E-state index contributed by atoms with van der Waals surface area (Å²) < 4.78 is 16.5. The molecule has 39 heavy (non-hydrogen) atoms. The Bertz CT molecular complexity index is 1450. The van der Waals surface area contributed by atoms with Crippen molar-refractivity contribution in [2.24, 2.45) is 15.3 Å². The van der Waals surface area contributed by atoms with E-state index in [1.54, 1.807) is 60.7 Å². The van der Waals surface area contributed by atoms with E-state index in [1.807, 2.05) is 6.92 Å². The smallest absolute Gasteiger partial charge is 0.213 e. The minimum Gasteiger partial charge on any atom is -0.494 e. The highest BCUT2D eigenvalue weighted by molar-refractivity contribution is 6.52. The van der Waals surface area contributed by atoms with Crippen LogP contribution >= 0.6 is 0 Å². The molecule has 11 nitrogen and oxygen atoms in total. The van der Waals surface area contributed by atoms with Crippen LogP contribution in [0.2, 0.25) is 0 Å². The molecule has 3 aromatic carbocycles. The van der Waals surface area contributed by atoms with E-state index in [0.717, 1.165) is 11.1 Å². The number of nitrogen functional groups attached to an aromatic ring is 1. The van der Waals surface area contributed by atoms with Gasteiger partial charge in [-0.25, -0.2) is 0 Å². The molecule has 0 unspecified atom stereocenters. The summed E-state index contributed by atoms with van der Waals surface area (Å²) in [4.78, 5) is 12.9. The Morgan fingerprint density at radius 3 is 2.44 bits per heavy atom. The lowest BCUT2D eigenvalue weighted by Crippen LogP contribution is -2.18. The van der Waals surface area contributed by atoms with Crippen molar-refractivity contribution in [1.29, 1.82) is 0 Å². The van der Waals surface area contributed by atoms with Gasteiger partial charge in [0.05, 0.1) is 31.7 Å². The maximum atomic E-state index is 12.9. The molecule has 1 aliphatic carbocycles. The second-order valence-electron chi connectivity index (χ2n) is 8.43. The quantitative estimate of drug-likeness (QED) is 0.161. The zero-order valence-electron chi connectivity index (χ0n) is 21.5. The van der Waals surface area contributed by atoms with Crippen molar-refractivity contribution < 1.29 is 29.2 Å². The van der Waals surface area contributed by atoms with E-state index < -0.39 is 0 Å². The van der Waals surface area contributed by atoms with Gasteiger partial charge in [-0.15, -0.1) is 5.11 Å². The summed E-state index contributed by atoms with van der Waals surface area (Å²) in [5, 5.41) is 31.2. The first-order chi connectivity index (χ1) is 18.9. The Morgan fingerprint density at radius 2 is 1.67 bits per heavy atom. The lowest BCUT2D eigenvalue weighted by molar-refractivity contribution is 0.106. The van der Waals surface area contributed by atoms with E-state index in [0.29, 0.717) is 45.6 Å². The second kappa shape index (κ2) is 12.7. The largest absolute Gasteiger partial charge is 0.494 e. The number of Topliss-reactive ketones (excluding diaryl/α,β-unsaturated/α-hetero) is 1. The van der Waals surface area contributed by atoms with Crippen LogP contribution in [0.1, 0.15) is 21.5 Å². The van der Waals surface area contributed by atoms with Gasteiger partial charge in [0.1, 0.15) is 41.9 Å². The Morgan fingerprint density at radius 1 is 0.897 bits per heavy atom. The minimum absolute atomic E-state index is 0.0433. The lowest BCUT2D eigenvalue weighted by Gasteiger charge is -2.15. The number of carbonyl (C=O) groups excluding carboxylic acids is 1. The molecule has 5 N–H and O–H groups in total. The summed E-state index contributed by atoms with van der Waals surface area (Å²) in [6, 6.07) is 13.6. The fraction of sp³-hybridized carbons (Fsp3) is 0.214. The molecule has 202 valence electrons. The number of hydrazone groups is 1. The van der Waals surface area contributed by atoms with Gasteiger partial charge in [0, 0.05) is 23.4 Å². The maximum absolute atomic E-state index is 12.9. The Hall–Kier alpha value is -4.74. The molecule has 0 aromatic heterocycles. The number of azo groups is 1. The number of aryl methyl sites for hydroxylation is 1. The number of carbonyl (C=O) groups is 1. The van der Waals surface area contributed by atoms with Crippen molar-refractivity contribution in [2.75, 3.05) is 44.7 Å². The third-order valence-electron chi connectivity index (χ3n) is 5.69. The Labute approximate surface area is 225 Å². The molecule has 0 atom stereocenters. The SMILES string of the molecule is COc1cc(OCCO)ccc1/N=N/c1cc(OCCO)c(N/N=C2/C=Cc3cc(N)ccc3C2=O)cc1C. The molecular formula is C28H29N5O6. The minimum atomic E-state index is -0.235.